The van der Waals surface area contributed by atoms with Gasteiger partial charge in [-0.05, 0) is 60.1 Å². The molecular weight excluding hydrogens is 501 g/mol. The van der Waals surface area contributed by atoms with Gasteiger partial charge in [0.15, 0.2) is 5.11 Å². The second-order valence-electron chi connectivity index (χ2n) is 9.81. The molecule has 0 radical (unpaired) electrons. The Hall–Kier alpha value is -2.85. The molecule has 200 valence electrons. The van der Waals surface area contributed by atoms with E-state index in [1.54, 1.807) is 18.1 Å². The molecule has 2 aromatic rings. The maximum absolute atomic E-state index is 13.6. The number of benzene rings is 2. The molecule has 37 heavy (non-hydrogen) atoms. The number of hydrogen-bond acceptors (Lipinski definition) is 4. The van der Waals surface area contributed by atoms with Gasteiger partial charge < -0.3 is 19.9 Å². The van der Waals surface area contributed by atoms with Crippen molar-refractivity contribution in [1.29, 1.82) is 0 Å². The summed E-state index contributed by atoms with van der Waals surface area (Å²) in [4.78, 5) is 17.4. The van der Waals surface area contributed by atoms with Gasteiger partial charge in [0.1, 0.15) is 5.75 Å². The molecule has 2 fully saturated rings. The van der Waals surface area contributed by atoms with Crippen LogP contribution in [0.1, 0.15) is 44.2 Å². The van der Waals surface area contributed by atoms with E-state index in [-0.39, 0.29) is 24.4 Å². The maximum Gasteiger partial charge on any atom is 0.416 e. The summed E-state index contributed by atoms with van der Waals surface area (Å²) in [6.07, 6.45) is -2.40. The van der Waals surface area contributed by atoms with Crippen molar-refractivity contribution in [2.24, 2.45) is 5.92 Å². The Morgan fingerprint density at radius 2 is 1.89 bits per heavy atom. The standard InChI is InChI=1S/C27H33F3N4O2S/c1-4-18(2)23-24(35)34(17-19-6-5-7-20(16-19)27(28,29)30)26(32-23)12-14-33(15-13-26)25(37)31-21-8-10-22(36-3)11-9-21/h5-11,16,18,23,32H,4,12-15,17H2,1-3H3,(H,31,37)/t18-,23+/m1/s1. The summed E-state index contributed by atoms with van der Waals surface area (Å²) in [5.41, 5.74) is -0.0236. The summed E-state index contributed by atoms with van der Waals surface area (Å²) in [7, 11) is 1.61. The monoisotopic (exact) mass is 534 g/mol. The zero-order valence-corrected chi connectivity index (χ0v) is 22.1. The van der Waals surface area contributed by atoms with E-state index in [0.717, 1.165) is 30.0 Å². The number of amides is 1. The Kier molecular flexibility index (Phi) is 7.99. The first-order valence-electron chi connectivity index (χ1n) is 12.5. The number of ether oxygens (including phenoxy) is 1. The largest absolute Gasteiger partial charge is 0.497 e. The Morgan fingerprint density at radius 3 is 2.49 bits per heavy atom. The van der Waals surface area contributed by atoms with Gasteiger partial charge >= 0.3 is 6.18 Å². The molecule has 0 aliphatic carbocycles. The maximum atomic E-state index is 13.6. The van der Waals surface area contributed by atoms with Crippen molar-refractivity contribution in [2.75, 3.05) is 25.5 Å². The highest BCUT2D eigenvalue weighted by atomic mass is 32.1. The fraction of sp³-hybridized carbons (Fsp3) is 0.481. The number of nitrogens with zero attached hydrogens (tertiary/aromatic N) is 2. The SMILES string of the molecule is CC[C@@H](C)[C@@H]1NC2(CCN(C(=S)Nc3ccc(OC)cc3)CC2)N(Cc2cccc(C(F)(F)F)c2)C1=O. The second kappa shape index (κ2) is 10.9. The number of carbonyl (C=O) groups excluding carboxylic acids is 1. The molecule has 2 heterocycles. The molecule has 10 heteroatoms. The number of anilines is 1. The molecule has 2 aliphatic rings. The summed E-state index contributed by atoms with van der Waals surface area (Å²) in [6, 6.07) is 12.4. The first-order chi connectivity index (χ1) is 17.6. The average Bonchev–Trinajstić information content (AvgIpc) is 3.15. The van der Waals surface area contributed by atoms with Crippen LogP contribution in [0.5, 0.6) is 5.75 Å². The summed E-state index contributed by atoms with van der Waals surface area (Å²) in [5.74, 6) is 0.802. The van der Waals surface area contributed by atoms with Gasteiger partial charge in [-0.3, -0.25) is 10.1 Å². The van der Waals surface area contributed by atoms with Crippen molar-refractivity contribution in [3.05, 3.63) is 59.7 Å². The smallest absolute Gasteiger partial charge is 0.416 e. The van der Waals surface area contributed by atoms with Gasteiger partial charge in [0.25, 0.3) is 0 Å². The Labute approximate surface area is 221 Å². The molecule has 2 N–H and O–H groups in total. The topological polar surface area (TPSA) is 56.8 Å². The molecule has 0 bridgehead atoms. The van der Waals surface area contributed by atoms with E-state index in [4.69, 9.17) is 17.0 Å². The third kappa shape index (κ3) is 5.85. The van der Waals surface area contributed by atoms with Crippen LogP contribution < -0.4 is 15.4 Å². The van der Waals surface area contributed by atoms with Crippen LogP contribution in [0.25, 0.3) is 0 Å². The van der Waals surface area contributed by atoms with Crippen LogP contribution in [0, 0.1) is 5.92 Å². The van der Waals surface area contributed by atoms with Crippen molar-refractivity contribution in [3.8, 4) is 5.75 Å². The number of piperidine rings is 1. The lowest BCUT2D eigenvalue weighted by atomic mass is 9.95. The number of rotatable bonds is 6. The number of likely N-dealkylation sites (tertiary alicyclic amines) is 1. The van der Waals surface area contributed by atoms with Crippen molar-refractivity contribution in [1.82, 2.24) is 15.1 Å². The third-order valence-corrected chi connectivity index (χ3v) is 7.86. The van der Waals surface area contributed by atoms with Crippen LogP contribution in [0.4, 0.5) is 18.9 Å². The Morgan fingerprint density at radius 1 is 1.22 bits per heavy atom. The number of methoxy groups -OCH3 is 1. The van der Waals surface area contributed by atoms with Crippen LogP contribution in [-0.4, -0.2) is 52.7 Å². The van der Waals surface area contributed by atoms with Crippen LogP contribution in [-0.2, 0) is 17.5 Å². The minimum atomic E-state index is -4.43. The molecule has 1 amide bonds. The molecule has 2 atom stereocenters. The van der Waals surface area contributed by atoms with E-state index in [1.165, 1.54) is 6.07 Å². The number of hydrogen-bond donors (Lipinski definition) is 2. The highest BCUT2D eigenvalue weighted by molar-refractivity contribution is 7.80. The van der Waals surface area contributed by atoms with Gasteiger partial charge in [-0.2, -0.15) is 13.2 Å². The lowest BCUT2D eigenvalue weighted by Gasteiger charge is -2.45. The molecule has 2 saturated heterocycles. The summed E-state index contributed by atoms with van der Waals surface area (Å²) in [6.45, 7) is 5.40. The highest BCUT2D eigenvalue weighted by Crippen LogP contribution is 2.37. The van der Waals surface area contributed by atoms with E-state index in [2.05, 4.69) is 15.5 Å². The predicted octanol–water partition coefficient (Wildman–Crippen LogP) is 5.25. The minimum absolute atomic E-state index is 0.0563. The fourth-order valence-corrected chi connectivity index (χ4v) is 5.36. The van der Waals surface area contributed by atoms with Crippen molar-refractivity contribution in [3.63, 3.8) is 0 Å². The fourth-order valence-electron chi connectivity index (χ4n) is 5.06. The zero-order valence-electron chi connectivity index (χ0n) is 21.3. The molecule has 0 unspecified atom stereocenters. The average molecular weight is 535 g/mol. The van der Waals surface area contributed by atoms with Crippen molar-refractivity contribution < 1.29 is 22.7 Å². The van der Waals surface area contributed by atoms with E-state index in [9.17, 15) is 18.0 Å². The third-order valence-electron chi connectivity index (χ3n) is 7.50. The number of nitrogens with one attached hydrogen (secondary N) is 2. The van der Waals surface area contributed by atoms with Gasteiger partial charge in [0.2, 0.25) is 5.91 Å². The van der Waals surface area contributed by atoms with E-state index >= 15 is 0 Å². The van der Waals surface area contributed by atoms with Gasteiger partial charge in [0, 0.05) is 38.2 Å². The van der Waals surface area contributed by atoms with E-state index < -0.39 is 17.4 Å². The van der Waals surface area contributed by atoms with Crippen molar-refractivity contribution >= 4 is 28.9 Å². The molecule has 0 aromatic heterocycles. The van der Waals surface area contributed by atoms with Crippen molar-refractivity contribution in [2.45, 2.75) is 57.5 Å². The second-order valence-corrected chi connectivity index (χ2v) is 10.2. The normalized spacial score (nSPS) is 20.3. The molecule has 1 spiro atoms. The number of carbonyl (C=O) groups is 1. The van der Waals surface area contributed by atoms with Gasteiger partial charge in [-0.25, -0.2) is 0 Å². The quantitative estimate of drug-likeness (QED) is 0.494. The molecule has 2 aromatic carbocycles. The lowest BCUT2D eigenvalue weighted by molar-refractivity contribution is -0.137. The molecule has 6 nitrogen and oxygen atoms in total. The van der Waals surface area contributed by atoms with Gasteiger partial charge in [0.05, 0.1) is 24.4 Å². The van der Waals surface area contributed by atoms with E-state index in [1.807, 2.05) is 38.1 Å². The number of thiocarbonyl (C=S) groups is 1. The molecular formula is C27H33F3N4O2S. The lowest BCUT2D eigenvalue weighted by Crippen LogP contribution is -2.59. The van der Waals surface area contributed by atoms with Crippen LogP contribution in [0.2, 0.25) is 0 Å². The van der Waals surface area contributed by atoms with E-state index in [0.29, 0.717) is 36.6 Å². The van der Waals surface area contributed by atoms with Crippen LogP contribution in [0.15, 0.2) is 48.5 Å². The zero-order chi connectivity index (χ0) is 26.8. The van der Waals surface area contributed by atoms with Crippen LogP contribution >= 0.6 is 12.2 Å². The summed E-state index contributed by atoms with van der Waals surface area (Å²) < 4.78 is 45.1. The highest BCUT2D eigenvalue weighted by Gasteiger charge is 2.52. The molecule has 4 rings (SSSR count). The first kappa shape index (κ1) is 27.2. The van der Waals surface area contributed by atoms with Gasteiger partial charge in [-0.1, -0.05) is 32.4 Å². The Bertz CT molecular complexity index is 1120. The van der Waals surface area contributed by atoms with Crippen LogP contribution in [0.3, 0.4) is 0 Å². The van der Waals surface area contributed by atoms with Gasteiger partial charge in [-0.15, -0.1) is 0 Å². The number of alkyl halides is 3. The number of halogens is 3. The Balaban J connectivity index is 1.50. The molecule has 0 saturated carbocycles. The first-order valence-corrected chi connectivity index (χ1v) is 12.9. The summed E-state index contributed by atoms with van der Waals surface area (Å²) >= 11 is 5.65. The summed E-state index contributed by atoms with van der Waals surface area (Å²) in [5, 5.41) is 7.44. The predicted molar refractivity (Wildman–Crippen MR) is 141 cm³/mol. The minimum Gasteiger partial charge on any atom is -0.497 e. The molecule has 2 aliphatic heterocycles.